The zero-order chi connectivity index (χ0) is 19.4. The minimum absolute atomic E-state index is 0.0591. The Morgan fingerprint density at radius 2 is 1.89 bits per heavy atom. The van der Waals surface area contributed by atoms with E-state index in [1.54, 1.807) is 47.7 Å². The van der Waals surface area contributed by atoms with Crippen molar-refractivity contribution in [1.82, 2.24) is 5.32 Å². The van der Waals surface area contributed by atoms with Crippen molar-refractivity contribution >= 4 is 44.8 Å². The largest absolute Gasteiger partial charge is 0.444 e. The number of hydrogen-bond acceptors (Lipinski definition) is 4. The van der Waals surface area contributed by atoms with E-state index < -0.39 is 0 Å². The molecule has 2 amide bonds. The molecule has 0 spiro atoms. The molecule has 1 aromatic carbocycles. The van der Waals surface area contributed by atoms with E-state index in [0.29, 0.717) is 15.9 Å². The molecular weight excluding hydrogens is 428 g/mol. The van der Waals surface area contributed by atoms with Crippen molar-refractivity contribution in [2.45, 2.75) is 19.9 Å². The molecule has 27 heavy (non-hydrogen) atoms. The summed E-state index contributed by atoms with van der Waals surface area (Å²) in [7, 11) is 0. The van der Waals surface area contributed by atoms with Crippen LogP contribution in [0.15, 0.2) is 63.0 Å². The van der Waals surface area contributed by atoms with Gasteiger partial charge in [0, 0.05) is 16.1 Å². The van der Waals surface area contributed by atoms with Gasteiger partial charge in [-0.2, -0.15) is 0 Å². The highest BCUT2D eigenvalue weighted by molar-refractivity contribution is 9.10. The zero-order valence-corrected chi connectivity index (χ0v) is 17.3. The van der Waals surface area contributed by atoms with E-state index in [2.05, 4.69) is 40.4 Å². The zero-order valence-electron chi connectivity index (χ0n) is 14.9. The summed E-state index contributed by atoms with van der Waals surface area (Å²) in [5.74, 6) is -0.113. The van der Waals surface area contributed by atoms with Gasteiger partial charge < -0.3 is 15.1 Å². The van der Waals surface area contributed by atoms with Gasteiger partial charge in [-0.3, -0.25) is 9.59 Å². The molecule has 5 nitrogen and oxygen atoms in total. The highest BCUT2D eigenvalue weighted by atomic mass is 79.9. The average molecular weight is 447 g/mol. The van der Waals surface area contributed by atoms with Crippen LogP contribution in [0, 0.1) is 5.92 Å². The summed E-state index contributed by atoms with van der Waals surface area (Å²) in [4.78, 5) is 26.0. The maximum Gasteiger partial charge on any atom is 0.291 e. The summed E-state index contributed by atoms with van der Waals surface area (Å²) in [6.07, 6.45) is 0. The number of benzene rings is 1. The summed E-state index contributed by atoms with van der Waals surface area (Å²) < 4.78 is 5.72. The van der Waals surface area contributed by atoms with Crippen molar-refractivity contribution in [3.8, 4) is 0 Å². The van der Waals surface area contributed by atoms with Crippen molar-refractivity contribution < 1.29 is 14.0 Å². The molecule has 0 radical (unpaired) electrons. The number of nitrogens with one attached hydrogen (secondary N) is 2. The molecule has 1 unspecified atom stereocenters. The molecule has 1 atom stereocenters. The third-order valence-electron chi connectivity index (χ3n) is 3.98. The summed E-state index contributed by atoms with van der Waals surface area (Å²) in [6, 6.07) is 14.0. The quantitative estimate of drug-likeness (QED) is 0.526. The molecule has 0 saturated heterocycles. The minimum Gasteiger partial charge on any atom is -0.444 e. The fourth-order valence-corrected chi connectivity index (χ4v) is 3.88. The lowest BCUT2D eigenvalue weighted by atomic mass is 10.0. The van der Waals surface area contributed by atoms with Gasteiger partial charge in [-0.25, -0.2) is 0 Å². The molecule has 2 N–H and O–H groups in total. The lowest BCUT2D eigenvalue weighted by molar-refractivity contribution is 0.0925. The number of carbonyl (C=O) groups excluding carboxylic acids is 2. The van der Waals surface area contributed by atoms with Gasteiger partial charge in [0.2, 0.25) is 0 Å². The van der Waals surface area contributed by atoms with E-state index in [1.807, 2.05) is 17.5 Å². The van der Waals surface area contributed by atoms with Crippen LogP contribution in [0.4, 0.5) is 5.69 Å². The Bertz CT molecular complexity index is 934. The first-order valence-corrected chi connectivity index (χ1v) is 10.1. The van der Waals surface area contributed by atoms with E-state index in [1.165, 1.54) is 0 Å². The lowest BCUT2D eigenvalue weighted by Crippen LogP contribution is -2.31. The summed E-state index contributed by atoms with van der Waals surface area (Å²) in [5.41, 5.74) is 1.01. The Hall–Kier alpha value is -2.38. The number of carbonyl (C=O) groups is 2. The smallest absolute Gasteiger partial charge is 0.291 e. The van der Waals surface area contributed by atoms with Gasteiger partial charge in [-0.05, 0) is 63.6 Å². The Balaban J connectivity index is 1.72. The standard InChI is InChI=1S/C20H19BrN2O3S/c1-12(2)18(16-7-4-10-27-16)23-19(24)13-5-3-6-14(11-13)22-20(25)15-8-9-17(21)26-15/h3-12,18H,1-2H3,(H,22,25)(H,23,24). The Labute approximate surface area is 169 Å². The SMILES string of the molecule is CC(C)C(NC(=O)c1cccc(NC(=O)c2ccc(Br)o2)c1)c1cccs1. The van der Waals surface area contributed by atoms with E-state index in [9.17, 15) is 9.59 Å². The van der Waals surface area contributed by atoms with Crippen molar-refractivity contribution in [3.63, 3.8) is 0 Å². The van der Waals surface area contributed by atoms with E-state index >= 15 is 0 Å². The number of furan rings is 1. The van der Waals surface area contributed by atoms with Crippen LogP contribution in [-0.2, 0) is 0 Å². The molecule has 0 aliphatic heterocycles. The minimum atomic E-state index is -0.378. The van der Waals surface area contributed by atoms with Crippen LogP contribution in [0.3, 0.4) is 0 Å². The van der Waals surface area contributed by atoms with Crippen LogP contribution in [0.1, 0.15) is 45.7 Å². The van der Waals surface area contributed by atoms with E-state index in [4.69, 9.17) is 4.42 Å². The number of anilines is 1. The molecule has 3 rings (SSSR count). The Morgan fingerprint density at radius 3 is 2.52 bits per heavy atom. The molecule has 2 aromatic heterocycles. The van der Waals surface area contributed by atoms with Crippen LogP contribution in [-0.4, -0.2) is 11.8 Å². The molecule has 7 heteroatoms. The van der Waals surface area contributed by atoms with Crippen LogP contribution in [0.25, 0.3) is 0 Å². The number of halogens is 1. The van der Waals surface area contributed by atoms with Gasteiger partial charge in [-0.1, -0.05) is 26.0 Å². The summed E-state index contributed by atoms with van der Waals surface area (Å²) in [5, 5.41) is 7.82. The number of rotatable bonds is 6. The molecule has 0 bridgehead atoms. The second-order valence-corrected chi connectivity index (χ2v) is 8.11. The van der Waals surface area contributed by atoms with Crippen LogP contribution in [0.2, 0.25) is 0 Å². The van der Waals surface area contributed by atoms with Gasteiger partial charge in [-0.15, -0.1) is 11.3 Å². The predicted molar refractivity (Wildman–Crippen MR) is 110 cm³/mol. The van der Waals surface area contributed by atoms with Gasteiger partial charge in [0.25, 0.3) is 11.8 Å². The molecule has 2 heterocycles. The van der Waals surface area contributed by atoms with Crippen LogP contribution < -0.4 is 10.6 Å². The fourth-order valence-electron chi connectivity index (χ4n) is 2.63. The van der Waals surface area contributed by atoms with Gasteiger partial charge in [0.1, 0.15) is 0 Å². The summed E-state index contributed by atoms with van der Waals surface area (Å²) >= 11 is 4.79. The predicted octanol–water partition coefficient (Wildman–Crippen LogP) is 5.48. The van der Waals surface area contributed by atoms with Gasteiger partial charge >= 0.3 is 0 Å². The third-order valence-corrected chi connectivity index (χ3v) is 5.36. The normalized spacial score (nSPS) is 12.0. The monoisotopic (exact) mass is 446 g/mol. The maximum absolute atomic E-state index is 12.7. The molecule has 0 saturated carbocycles. The number of hydrogen-bond donors (Lipinski definition) is 2. The fraction of sp³-hybridized carbons (Fsp3) is 0.200. The van der Waals surface area contributed by atoms with Crippen LogP contribution in [0.5, 0.6) is 0 Å². The highest BCUT2D eigenvalue weighted by Crippen LogP contribution is 2.26. The molecule has 0 aliphatic carbocycles. The molecular formula is C20H19BrN2O3S. The molecule has 0 fully saturated rings. The highest BCUT2D eigenvalue weighted by Gasteiger charge is 2.20. The second kappa shape index (κ2) is 8.54. The van der Waals surface area contributed by atoms with E-state index in [0.717, 1.165) is 4.88 Å². The van der Waals surface area contributed by atoms with Crippen molar-refractivity contribution in [1.29, 1.82) is 0 Å². The molecule has 3 aromatic rings. The topological polar surface area (TPSA) is 71.3 Å². The first-order valence-electron chi connectivity index (χ1n) is 8.45. The van der Waals surface area contributed by atoms with E-state index in [-0.39, 0.29) is 29.5 Å². The van der Waals surface area contributed by atoms with Crippen molar-refractivity contribution in [2.75, 3.05) is 5.32 Å². The van der Waals surface area contributed by atoms with Crippen LogP contribution >= 0.6 is 27.3 Å². The lowest BCUT2D eigenvalue weighted by Gasteiger charge is -2.21. The first-order chi connectivity index (χ1) is 12.9. The molecule has 0 aliphatic rings. The van der Waals surface area contributed by atoms with Crippen molar-refractivity contribution in [3.05, 3.63) is 74.8 Å². The third kappa shape index (κ3) is 4.87. The van der Waals surface area contributed by atoms with Gasteiger partial charge in [0.05, 0.1) is 6.04 Å². The number of thiophene rings is 1. The Kier molecular flexibility index (Phi) is 6.13. The average Bonchev–Trinajstić information content (AvgIpc) is 3.31. The first kappa shape index (κ1) is 19.4. The summed E-state index contributed by atoms with van der Waals surface area (Å²) in [6.45, 7) is 4.14. The second-order valence-electron chi connectivity index (χ2n) is 6.35. The van der Waals surface area contributed by atoms with Gasteiger partial charge in [0.15, 0.2) is 10.4 Å². The Morgan fingerprint density at radius 1 is 1.07 bits per heavy atom. The van der Waals surface area contributed by atoms with Crippen molar-refractivity contribution in [2.24, 2.45) is 5.92 Å². The maximum atomic E-state index is 12.7. The number of amides is 2. The molecule has 140 valence electrons.